The molecule has 3 aromatic rings. The zero-order valence-electron chi connectivity index (χ0n) is 15.8. The molecule has 0 bridgehead atoms. The molecule has 29 heavy (non-hydrogen) atoms. The number of hydrogen-bond acceptors (Lipinski definition) is 6. The average molecular weight is 425 g/mol. The standard InChI is InChI=1S/C21H20N4O2S2/c26-19-15-6-1-2-7-16(15)20(27)24(19)11-3-4-12-29-21-23-22-18(17-8-5-13-28-17)25(21)14-9-10-14/h1-2,5-8,13-14H,3-4,9-12H2. The number of fused-ring (bicyclic) bond motifs is 1. The van der Waals surface area contributed by atoms with Gasteiger partial charge in [-0.1, -0.05) is 30.0 Å². The number of hydrogen-bond donors (Lipinski definition) is 0. The Morgan fingerprint density at radius 1 is 1.00 bits per heavy atom. The fourth-order valence-electron chi connectivity index (χ4n) is 3.59. The Labute approximate surface area is 176 Å². The molecule has 3 heterocycles. The molecule has 2 amide bonds. The number of amides is 2. The van der Waals surface area contributed by atoms with Crippen LogP contribution in [0.25, 0.3) is 10.7 Å². The molecule has 0 radical (unpaired) electrons. The van der Waals surface area contributed by atoms with Gasteiger partial charge in [0.15, 0.2) is 11.0 Å². The van der Waals surface area contributed by atoms with E-state index >= 15 is 0 Å². The van der Waals surface area contributed by atoms with Crippen molar-refractivity contribution in [2.75, 3.05) is 12.3 Å². The topological polar surface area (TPSA) is 68.1 Å². The van der Waals surface area contributed by atoms with E-state index in [-0.39, 0.29) is 11.8 Å². The molecule has 1 saturated carbocycles. The van der Waals surface area contributed by atoms with Crippen molar-refractivity contribution in [1.82, 2.24) is 19.7 Å². The first-order valence-corrected chi connectivity index (χ1v) is 11.7. The van der Waals surface area contributed by atoms with Gasteiger partial charge >= 0.3 is 0 Å². The van der Waals surface area contributed by atoms with Crippen LogP contribution in [-0.4, -0.2) is 43.8 Å². The van der Waals surface area contributed by atoms with Crippen LogP contribution in [0.3, 0.4) is 0 Å². The summed E-state index contributed by atoms with van der Waals surface area (Å²) in [6.45, 7) is 0.461. The Morgan fingerprint density at radius 2 is 1.76 bits per heavy atom. The monoisotopic (exact) mass is 424 g/mol. The summed E-state index contributed by atoms with van der Waals surface area (Å²) in [6, 6.07) is 11.7. The van der Waals surface area contributed by atoms with Gasteiger partial charge in [0.05, 0.1) is 16.0 Å². The number of nitrogens with zero attached hydrogens (tertiary/aromatic N) is 4. The minimum Gasteiger partial charge on any atom is -0.298 e. The third-order valence-corrected chi connectivity index (χ3v) is 7.10. The van der Waals surface area contributed by atoms with Crippen LogP contribution in [-0.2, 0) is 0 Å². The van der Waals surface area contributed by atoms with Crippen LogP contribution in [0.4, 0.5) is 0 Å². The first-order valence-electron chi connectivity index (χ1n) is 9.81. The summed E-state index contributed by atoms with van der Waals surface area (Å²) >= 11 is 3.40. The van der Waals surface area contributed by atoms with E-state index in [2.05, 4.69) is 26.2 Å². The molecule has 0 unspecified atom stereocenters. The van der Waals surface area contributed by atoms with Crippen molar-refractivity contribution < 1.29 is 9.59 Å². The highest BCUT2D eigenvalue weighted by atomic mass is 32.2. The minimum absolute atomic E-state index is 0.174. The highest BCUT2D eigenvalue weighted by Gasteiger charge is 2.34. The van der Waals surface area contributed by atoms with Crippen LogP contribution >= 0.6 is 23.1 Å². The molecule has 0 N–H and O–H groups in total. The number of thioether (sulfide) groups is 1. The van der Waals surface area contributed by atoms with E-state index in [0.717, 1.165) is 34.5 Å². The molecule has 1 aromatic carbocycles. The van der Waals surface area contributed by atoms with Gasteiger partial charge in [-0.15, -0.1) is 21.5 Å². The van der Waals surface area contributed by atoms with E-state index in [1.165, 1.54) is 17.7 Å². The number of imide groups is 1. The Balaban J connectivity index is 1.16. The molecule has 0 spiro atoms. The molecule has 1 aliphatic heterocycles. The van der Waals surface area contributed by atoms with Gasteiger partial charge in [0.1, 0.15) is 0 Å². The summed E-state index contributed by atoms with van der Waals surface area (Å²) in [6.07, 6.45) is 4.06. The van der Waals surface area contributed by atoms with Crippen molar-refractivity contribution in [3.8, 4) is 10.7 Å². The molecule has 8 heteroatoms. The van der Waals surface area contributed by atoms with E-state index in [4.69, 9.17) is 0 Å². The molecule has 1 fully saturated rings. The van der Waals surface area contributed by atoms with Gasteiger partial charge in [0.25, 0.3) is 11.8 Å². The summed E-state index contributed by atoms with van der Waals surface area (Å²) in [5.41, 5.74) is 1.04. The summed E-state index contributed by atoms with van der Waals surface area (Å²) < 4.78 is 2.28. The second kappa shape index (κ2) is 7.76. The zero-order valence-corrected chi connectivity index (χ0v) is 17.4. The molecule has 0 saturated heterocycles. The summed E-state index contributed by atoms with van der Waals surface area (Å²) in [5, 5.41) is 11.9. The third-order valence-electron chi connectivity index (χ3n) is 5.20. The van der Waals surface area contributed by atoms with Crippen molar-refractivity contribution in [3.05, 3.63) is 52.9 Å². The van der Waals surface area contributed by atoms with Gasteiger partial charge in [-0.05, 0) is 49.3 Å². The Bertz CT molecular complexity index is 1020. The molecule has 1 aliphatic carbocycles. The normalized spacial score (nSPS) is 15.9. The second-order valence-corrected chi connectivity index (χ2v) is 9.26. The molecule has 148 valence electrons. The smallest absolute Gasteiger partial charge is 0.261 e. The summed E-state index contributed by atoms with van der Waals surface area (Å²) in [7, 11) is 0. The van der Waals surface area contributed by atoms with Gasteiger partial charge in [0.2, 0.25) is 0 Å². The van der Waals surface area contributed by atoms with Gasteiger partial charge in [-0.3, -0.25) is 19.1 Å². The van der Waals surface area contributed by atoms with Crippen molar-refractivity contribution in [2.24, 2.45) is 0 Å². The van der Waals surface area contributed by atoms with E-state index < -0.39 is 0 Å². The Morgan fingerprint density at radius 3 is 2.41 bits per heavy atom. The largest absolute Gasteiger partial charge is 0.298 e. The highest BCUT2D eigenvalue weighted by molar-refractivity contribution is 7.99. The molecular formula is C21H20N4O2S2. The van der Waals surface area contributed by atoms with Crippen LogP contribution in [0.15, 0.2) is 46.9 Å². The minimum atomic E-state index is -0.174. The van der Waals surface area contributed by atoms with Crippen LogP contribution in [0, 0.1) is 0 Å². The maximum absolute atomic E-state index is 12.4. The van der Waals surface area contributed by atoms with E-state index in [1.807, 2.05) is 6.07 Å². The fourth-order valence-corrected chi connectivity index (χ4v) is 5.30. The van der Waals surface area contributed by atoms with Gasteiger partial charge in [-0.25, -0.2) is 0 Å². The molecule has 2 aliphatic rings. The summed E-state index contributed by atoms with van der Waals surface area (Å²) in [5.74, 6) is 1.51. The second-order valence-electron chi connectivity index (χ2n) is 7.25. The zero-order chi connectivity index (χ0) is 19.8. The number of thiophene rings is 1. The van der Waals surface area contributed by atoms with Crippen molar-refractivity contribution in [1.29, 1.82) is 0 Å². The molecule has 0 atom stereocenters. The number of aromatic nitrogens is 3. The Hall–Kier alpha value is -2.45. The lowest BCUT2D eigenvalue weighted by Crippen LogP contribution is -2.30. The molecule has 6 nitrogen and oxygen atoms in total. The highest BCUT2D eigenvalue weighted by Crippen LogP contribution is 2.41. The maximum Gasteiger partial charge on any atom is 0.261 e. The average Bonchev–Trinajstić information content (AvgIpc) is 3.17. The first-order chi connectivity index (χ1) is 14.2. The lowest BCUT2D eigenvalue weighted by molar-refractivity contribution is 0.0652. The maximum atomic E-state index is 12.4. The molecule has 2 aromatic heterocycles. The number of rotatable bonds is 8. The van der Waals surface area contributed by atoms with Crippen LogP contribution in [0.1, 0.15) is 52.4 Å². The van der Waals surface area contributed by atoms with E-state index in [1.54, 1.807) is 47.4 Å². The quantitative estimate of drug-likeness (QED) is 0.302. The van der Waals surface area contributed by atoms with Crippen LogP contribution in [0.2, 0.25) is 0 Å². The number of carbonyl (C=O) groups is 2. The lowest BCUT2D eigenvalue weighted by Gasteiger charge is -2.13. The van der Waals surface area contributed by atoms with E-state index in [0.29, 0.717) is 23.7 Å². The number of carbonyl (C=O) groups excluding carboxylic acids is 2. The van der Waals surface area contributed by atoms with Crippen LogP contribution in [0.5, 0.6) is 0 Å². The van der Waals surface area contributed by atoms with Gasteiger partial charge in [-0.2, -0.15) is 0 Å². The number of benzene rings is 1. The number of unbranched alkanes of at least 4 members (excludes halogenated alkanes) is 1. The lowest BCUT2D eigenvalue weighted by atomic mass is 10.1. The fraction of sp³-hybridized carbons (Fsp3) is 0.333. The van der Waals surface area contributed by atoms with Crippen molar-refractivity contribution in [2.45, 2.75) is 36.9 Å². The van der Waals surface area contributed by atoms with Crippen LogP contribution < -0.4 is 0 Å². The van der Waals surface area contributed by atoms with Gasteiger partial charge in [0, 0.05) is 18.3 Å². The molecule has 5 rings (SSSR count). The Kier molecular flexibility index (Phi) is 4.97. The van der Waals surface area contributed by atoms with Crippen molar-refractivity contribution >= 4 is 34.9 Å². The molecular weight excluding hydrogens is 404 g/mol. The summed E-state index contributed by atoms with van der Waals surface area (Å²) in [4.78, 5) is 27.4. The van der Waals surface area contributed by atoms with E-state index in [9.17, 15) is 9.59 Å². The first kappa shape index (κ1) is 18.6. The predicted molar refractivity (Wildman–Crippen MR) is 113 cm³/mol. The van der Waals surface area contributed by atoms with Gasteiger partial charge < -0.3 is 0 Å². The van der Waals surface area contributed by atoms with Crippen molar-refractivity contribution in [3.63, 3.8) is 0 Å². The predicted octanol–water partition coefficient (Wildman–Crippen LogP) is 4.51. The third kappa shape index (κ3) is 3.51. The SMILES string of the molecule is O=C1c2ccccc2C(=O)N1CCCCSc1nnc(-c2cccs2)n1C1CC1.